The second-order valence-corrected chi connectivity index (χ2v) is 4.69. The Balaban J connectivity index is 3.08. The predicted molar refractivity (Wildman–Crippen MR) is 73.5 cm³/mol. The van der Waals surface area contributed by atoms with Gasteiger partial charge in [0, 0.05) is 5.56 Å². The van der Waals surface area contributed by atoms with Crippen LogP contribution in [-0.2, 0) is 6.18 Å². The lowest BCUT2D eigenvalue weighted by molar-refractivity contribution is -0.139. The van der Waals surface area contributed by atoms with Crippen LogP contribution in [0, 0.1) is 5.92 Å². The highest BCUT2D eigenvalue weighted by atomic mass is 19.4. The fourth-order valence-electron chi connectivity index (χ4n) is 1.83. The Morgan fingerprint density at radius 2 is 1.95 bits per heavy atom. The summed E-state index contributed by atoms with van der Waals surface area (Å²) in [6.07, 6.45) is -2.91. The minimum absolute atomic E-state index is 0.0142. The molecular formula is C14H19F3N2O2. The molecule has 1 aromatic rings. The molecule has 0 aromatic heterocycles. The number of hydrogen-bond donors (Lipinski definition) is 2. The Labute approximate surface area is 121 Å². The average molecular weight is 304 g/mol. The molecule has 0 heterocycles. The Morgan fingerprint density at radius 1 is 1.33 bits per heavy atom. The SMILES string of the molecule is CCC(CC)COc1ccc(/C(N)=N/O)cc1C(F)(F)F. The van der Waals surface area contributed by atoms with Crippen LogP contribution >= 0.6 is 0 Å². The van der Waals surface area contributed by atoms with E-state index in [1.165, 1.54) is 12.1 Å². The van der Waals surface area contributed by atoms with Gasteiger partial charge in [-0.05, 0) is 24.1 Å². The number of oxime groups is 1. The van der Waals surface area contributed by atoms with E-state index in [2.05, 4.69) is 5.16 Å². The molecule has 0 unspecified atom stereocenters. The number of nitrogens with zero attached hydrogens (tertiary/aromatic N) is 1. The van der Waals surface area contributed by atoms with Crippen LogP contribution in [0.3, 0.4) is 0 Å². The molecule has 0 atom stereocenters. The van der Waals surface area contributed by atoms with Gasteiger partial charge >= 0.3 is 6.18 Å². The first-order valence-electron chi connectivity index (χ1n) is 6.65. The monoisotopic (exact) mass is 304 g/mol. The van der Waals surface area contributed by atoms with Crippen molar-refractivity contribution in [2.45, 2.75) is 32.9 Å². The quantitative estimate of drug-likeness (QED) is 0.365. The molecule has 118 valence electrons. The third-order valence-corrected chi connectivity index (χ3v) is 3.32. The van der Waals surface area contributed by atoms with Gasteiger partial charge in [-0.1, -0.05) is 31.8 Å². The maximum atomic E-state index is 13.1. The van der Waals surface area contributed by atoms with Crippen LogP contribution in [-0.4, -0.2) is 17.6 Å². The van der Waals surface area contributed by atoms with Gasteiger partial charge in [0.2, 0.25) is 0 Å². The van der Waals surface area contributed by atoms with Crippen LogP contribution < -0.4 is 10.5 Å². The van der Waals surface area contributed by atoms with E-state index < -0.39 is 11.7 Å². The number of nitrogens with two attached hydrogens (primary N) is 1. The molecule has 1 rings (SSSR count). The molecule has 7 heteroatoms. The van der Waals surface area contributed by atoms with Crippen LogP contribution in [0.5, 0.6) is 5.75 Å². The Morgan fingerprint density at radius 3 is 2.43 bits per heavy atom. The van der Waals surface area contributed by atoms with Gasteiger partial charge < -0.3 is 15.7 Å². The highest BCUT2D eigenvalue weighted by Crippen LogP contribution is 2.37. The second kappa shape index (κ2) is 7.19. The zero-order chi connectivity index (χ0) is 16.0. The molecule has 0 aliphatic heterocycles. The Bertz CT molecular complexity index is 497. The molecule has 0 bridgehead atoms. The Kier molecular flexibility index (Phi) is 5.87. The van der Waals surface area contributed by atoms with E-state index in [-0.39, 0.29) is 29.7 Å². The topological polar surface area (TPSA) is 67.8 Å². The van der Waals surface area contributed by atoms with E-state index in [1.54, 1.807) is 0 Å². The molecule has 1 aromatic carbocycles. The number of alkyl halides is 3. The summed E-state index contributed by atoms with van der Waals surface area (Å²) in [7, 11) is 0. The van der Waals surface area contributed by atoms with Gasteiger partial charge in [0.05, 0.1) is 12.2 Å². The summed E-state index contributed by atoms with van der Waals surface area (Å²) in [6.45, 7) is 4.15. The highest BCUT2D eigenvalue weighted by molar-refractivity contribution is 5.97. The summed E-state index contributed by atoms with van der Waals surface area (Å²) < 4.78 is 44.5. The van der Waals surface area contributed by atoms with Gasteiger partial charge in [-0.25, -0.2) is 0 Å². The number of halogens is 3. The molecule has 0 spiro atoms. The second-order valence-electron chi connectivity index (χ2n) is 4.69. The fraction of sp³-hybridized carbons (Fsp3) is 0.500. The van der Waals surface area contributed by atoms with Gasteiger partial charge in [-0.2, -0.15) is 13.2 Å². The van der Waals surface area contributed by atoms with E-state index in [9.17, 15) is 13.2 Å². The molecule has 0 fully saturated rings. The zero-order valence-electron chi connectivity index (χ0n) is 11.9. The van der Waals surface area contributed by atoms with Gasteiger partial charge in [0.15, 0.2) is 5.84 Å². The molecule has 0 saturated carbocycles. The highest BCUT2D eigenvalue weighted by Gasteiger charge is 2.35. The van der Waals surface area contributed by atoms with Crippen molar-refractivity contribution >= 4 is 5.84 Å². The van der Waals surface area contributed by atoms with Crippen molar-refractivity contribution in [3.8, 4) is 5.75 Å². The predicted octanol–water partition coefficient (Wildman–Crippen LogP) is 3.61. The summed E-state index contributed by atoms with van der Waals surface area (Å²) in [4.78, 5) is 0. The summed E-state index contributed by atoms with van der Waals surface area (Å²) in [5.41, 5.74) is 4.37. The van der Waals surface area contributed by atoms with Crippen LogP contribution in [0.25, 0.3) is 0 Å². The van der Waals surface area contributed by atoms with Gasteiger partial charge in [0.1, 0.15) is 5.75 Å². The molecule has 21 heavy (non-hydrogen) atoms. The van der Waals surface area contributed by atoms with Crippen molar-refractivity contribution in [1.29, 1.82) is 0 Å². The number of ether oxygens (including phenoxy) is 1. The number of amidine groups is 1. The van der Waals surface area contributed by atoms with Crippen LogP contribution in [0.15, 0.2) is 23.4 Å². The van der Waals surface area contributed by atoms with Crippen molar-refractivity contribution in [2.24, 2.45) is 16.8 Å². The standard InChI is InChI=1S/C14H19F3N2O2/c1-3-9(4-2)8-21-12-6-5-10(13(18)19-20)7-11(12)14(15,16)17/h5-7,9,20H,3-4,8H2,1-2H3,(H2,18,19). The van der Waals surface area contributed by atoms with E-state index in [0.717, 1.165) is 18.9 Å². The maximum Gasteiger partial charge on any atom is 0.419 e. The summed E-state index contributed by atoms with van der Waals surface area (Å²) in [5.74, 6) is -0.425. The molecule has 0 aliphatic rings. The molecule has 0 aliphatic carbocycles. The van der Waals surface area contributed by atoms with E-state index in [4.69, 9.17) is 15.7 Å². The molecule has 4 nitrogen and oxygen atoms in total. The average Bonchev–Trinajstić information content (AvgIpc) is 2.46. The number of benzene rings is 1. The molecule has 0 amide bonds. The molecule has 0 radical (unpaired) electrons. The summed E-state index contributed by atoms with van der Waals surface area (Å²) in [6, 6.07) is 3.34. The summed E-state index contributed by atoms with van der Waals surface area (Å²) >= 11 is 0. The fourth-order valence-corrected chi connectivity index (χ4v) is 1.83. The third-order valence-electron chi connectivity index (χ3n) is 3.32. The number of rotatable bonds is 6. The van der Waals surface area contributed by atoms with Crippen LogP contribution in [0.4, 0.5) is 13.2 Å². The molecule has 0 saturated heterocycles. The van der Waals surface area contributed by atoms with Crippen molar-refractivity contribution in [3.63, 3.8) is 0 Å². The van der Waals surface area contributed by atoms with Crippen LogP contribution in [0.1, 0.15) is 37.8 Å². The van der Waals surface area contributed by atoms with E-state index >= 15 is 0 Å². The first-order valence-corrected chi connectivity index (χ1v) is 6.65. The smallest absolute Gasteiger partial charge is 0.419 e. The lowest BCUT2D eigenvalue weighted by atomic mass is 10.0. The molecular weight excluding hydrogens is 285 g/mol. The minimum Gasteiger partial charge on any atom is -0.493 e. The Hall–Kier alpha value is -1.92. The summed E-state index contributed by atoms with van der Waals surface area (Å²) in [5, 5.41) is 11.2. The largest absolute Gasteiger partial charge is 0.493 e. The molecule has 3 N–H and O–H groups in total. The normalized spacial score (nSPS) is 12.8. The number of hydrogen-bond acceptors (Lipinski definition) is 3. The zero-order valence-corrected chi connectivity index (χ0v) is 11.9. The van der Waals surface area contributed by atoms with Crippen LogP contribution in [0.2, 0.25) is 0 Å². The first-order chi connectivity index (χ1) is 9.83. The lowest BCUT2D eigenvalue weighted by Gasteiger charge is -2.18. The first kappa shape index (κ1) is 17.1. The minimum atomic E-state index is -4.57. The van der Waals surface area contributed by atoms with Gasteiger partial charge in [-0.3, -0.25) is 0 Å². The maximum absolute atomic E-state index is 13.1. The van der Waals surface area contributed by atoms with E-state index in [0.29, 0.717) is 0 Å². The van der Waals surface area contributed by atoms with Gasteiger partial charge in [0.25, 0.3) is 0 Å². The van der Waals surface area contributed by atoms with Crippen molar-refractivity contribution < 1.29 is 23.1 Å². The van der Waals surface area contributed by atoms with Crippen molar-refractivity contribution in [1.82, 2.24) is 0 Å². The van der Waals surface area contributed by atoms with Crippen molar-refractivity contribution in [3.05, 3.63) is 29.3 Å². The third kappa shape index (κ3) is 4.54. The lowest BCUT2D eigenvalue weighted by Crippen LogP contribution is -2.17. The van der Waals surface area contributed by atoms with E-state index in [1.807, 2.05) is 13.8 Å². The van der Waals surface area contributed by atoms with Gasteiger partial charge in [-0.15, -0.1) is 0 Å². The van der Waals surface area contributed by atoms with Crippen molar-refractivity contribution in [2.75, 3.05) is 6.61 Å².